The van der Waals surface area contributed by atoms with Gasteiger partial charge in [0.2, 0.25) is 10.0 Å². The number of likely N-dealkylation sites (tertiary alicyclic amines) is 1. The third-order valence-corrected chi connectivity index (χ3v) is 5.78. The molecule has 20 heavy (non-hydrogen) atoms. The molecule has 1 aliphatic heterocycles. The fraction of sp³-hybridized carbons (Fsp3) is 0.571. The highest BCUT2D eigenvalue weighted by atomic mass is 32.2. The van der Waals surface area contributed by atoms with Crippen LogP contribution in [0.1, 0.15) is 12.0 Å². The van der Waals surface area contributed by atoms with Gasteiger partial charge in [0.15, 0.2) is 0 Å². The molecule has 1 aromatic carbocycles. The van der Waals surface area contributed by atoms with Crippen LogP contribution in [0, 0.1) is 12.8 Å². The maximum absolute atomic E-state index is 12.5. The van der Waals surface area contributed by atoms with E-state index >= 15 is 0 Å². The van der Waals surface area contributed by atoms with E-state index < -0.39 is 10.0 Å². The van der Waals surface area contributed by atoms with E-state index in [4.69, 9.17) is 5.73 Å². The van der Waals surface area contributed by atoms with E-state index in [0.717, 1.165) is 25.1 Å². The zero-order chi connectivity index (χ0) is 14.9. The summed E-state index contributed by atoms with van der Waals surface area (Å²) >= 11 is 0. The maximum Gasteiger partial charge on any atom is 0.242 e. The molecule has 5 nitrogen and oxygen atoms in total. The zero-order valence-corrected chi connectivity index (χ0v) is 13.2. The molecule has 0 bridgehead atoms. The largest absolute Gasteiger partial charge is 0.398 e. The number of nitrogens with zero attached hydrogens (tertiary/aromatic N) is 2. The lowest BCUT2D eigenvalue weighted by Gasteiger charge is -2.21. The van der Waals surface area contributed by atoms with E-state index in [1.165, 1.54) is 4.31 Å². The average Bonchev–Trinajstić information content (AvgIpc) is 2.78. The first-order chi connectivity index (χ1) is 9.30. The minimum absolute atomic E-state index is 0.273. The van der Waals surface area contributed by atoms with Gasteiger partial charge in [0.1, 0.15) is 0 Å². The topological polar surface area (TPSA) is 66.6 Å². The molecule has 0 aliphatic carbocycles. The fourth-order valence-electron chi connectivity index (χ4n) is 2.60. The molecule has 0 amide bonds. The molecule has 2 rings (SSSR count). The van der Waals surface area contributed by atoms with Gasteiger partial charge in [-0.15, -0.1) is 0 Å². The van der Waals surface area contributed by atoms with Crippen LogP contribution < -0.4 is 5.73 Å². The van der Waals surface area contributed by atoms with E-state index in [9.17, 15) is 8.42 Å². The first-order valence-electron chi connectivity index (χ1n) is 6.81. The Morgan fingerprint density at radius 1 is 1.45 bits per heavy atom. The second-order valence-electron chi connectivity index (χ2n) is 5.72. The Labute approximate surface area is 121 Å². The predicted octanol–water partition coefficient (Wildman–Crippen LogP) is 1.15. The Hall–Kier alpha value is -1.11. The molecule has 6 heteroatoms. The van der Waals surface area contributed by atoms with Crippen molar-refractivity contribution >= 4 is 15.7 Å². The third kappa shape index (κ3) is 3.13. The highest BCUT2D eigenvalue weighted by Gasteiger charge is 2.27. The minimum atomic E-state index is -3.45. The Bertz CT molecular complexity index is 586. The van der Waals surface area contributed by atoms with E-state index in [1.807, 2.05) is 6.92 Å². The molecule has 0 radical (unpaired) electrons. The summed E-state index contributed by atoms with van der Waals surface area (Å²) in [5.74, 6) is 0.405. The molecular weight excluding hydrogens is 274 g/mol. The van der Waals surface area contributed by atoms with Gasteiger partial charge < -0.3 is 10.6 Å². The van der Waals surface area contributed by atoms with Crippen LogP contribution >= 0.6 is 0 Å². The standard InChI is InChI=1S/C14H23N3O2S/c1-11-4-5-13(8-14(11)15)20(18,19)17(3)10-12-6-7-16(2)9-12/h4-5,8,12H,6-7,9-10,15H2,1-3H3. The second kappa shape index (κ2) is 5.71. The molecule has 0 aromatic heterocycles. The van der Waals surface area contributed by atoms with Gasteiger partial charge in [0, 0.05) is 25.8 Å². The normalized spacial score (nSPS) is 20.7. The van der Waals surface area contributed by atoms with Crippen molar-refractivity contribution < 1.29 is 8.42 Å². The summed E-state index contributed by atoms with van der Waals surface area (Å²) in [6, 6.07) is 4.92. The van der Waals surface area contributed by atoms with Crippen molar-refractivity contribution in [3.05, 3.63) is 23.8 Å². The molecule has 1 saturated heterocycles. The molecule has 1 atom stereocenters. The fourth-order valence-corrected chi connectivity index (χ4v) is 3.88. The average molecular weight is 297 g/mol. The molecule has 0 spiro atoms. The molecule has 1 aromatic rings. The smallest absolute Gasteiger partial charge is 0.242 e. The van der Waals surface area contributed by atoms with Gasteiger partial charge in [-0.25, -0.2) is 12.7 Å². The summed E-state index contributed by atoms with van der Waals surface area (Å²) in [7, 11) is 0.259. The van der Waals surface area contributed by atoms with E-state index in [0.29, 0.717) is 18.2 Å². The summed E-state index contributed by atoms with van der Waals surface area (Å²) in [5.41, 5.74) is 7.22. The first-order valence-corrected chi connectivity index (χ1v) is 8.25. The number of sulfonamides is 1. The minimum Gasteiger partial charge on any atom is -0.398 e. The Morgan fingerprint density at radius 3 is 2.70 bits per heavy atom. The first kappa shape index (κ1) is 15.3. The maximum atomic E-state index is 12.5. The second-order valence-corrected chi connectivity index (χ2v) is 7.77. The summed E-state index contributed by atoms with van der Waals surface area (Å²) in [5, 5.41) is 0. The lowest BCUT2D eigenvalue weighted by atomic mass is 10.1. The van der Waals surface area contributed by atoms with Crippen molar-refractivity contribution in [1.82, 2.24) is 9.21 Å². The molecule has 112 valence electrons. The molecule has 1 unspecified atom stereocenters. The van der Waals surface area contributed by atoms with Crippen LogP contribution in [0.15, 0.2) is 23.1 Å². The summed E-state index contributed by atoms with van der Waals surface area (Å²) in [6.45, 7) is 4.41. The van der Waals surface area contributed by atoms with Crippen LogP contribution in [-0.4, -0.2) is 51.4 Å². The third-order valence-electron chi connectivity index (χ3n) is 3.96. The molecule has 2 N–H and O–H groups in total. The van der Waals surface area contributed by atoms with Gasteiger partial charge in [-0.05, 0) is 50.6 Å². The SMILES string of the molecule is Cc1ccc(S(=O)(=O)N(C)CC2CCN(C)C2)cc1N. The van der Waals surface area contributed by atoms with Crippen LogP contribution in [-0.2, 0) is 10.0 Å². The number of anilines is 1. The number of aryl methyl sites for hydroxylation is 1. The van der Waals surface area contributed by atoms with E-state index in [-0.39, 0.29) is 4.90 Å². The van der Waals surface area contributed by atoms with Crippen LogP contribution in [0.2, 0.25) is 0 Å². The highest BCUT2D eigenvalue weighted by Crippen LogP contribution is 2.22. The van der Waals surface area contributed by atoms with Crippen LogP contribution in [0.4, 0.5) is 5.69 Å². The van der Waals surface area contributed by atoms with Gasteiger partial charge in [-0.3, -0.25) is 0 Å². The molecule has 1 heterocycles. The van der Waals surface area contributed by atoms with Crippen molar-refractivity contribution in [2.24, 2.45) is 5.92 Å². The van der Waals surface area contributed by atoms with Crippen molar-refractivity contribution in [3.8, 4) is 0 Å². The van der Waals surface area contributed by atoms with Gasteiger partial charge in [0.25, 0.3) is 0 Å². The quantitative estimate of drug-likeness (QED) is 0.847. The molecule has 1 aliphatic rings. The molecular formula is C14H23N3O2S. The van der Waals surface area contributed by atoms with Crippen LogP contribution in [0.3, 0.4) is 0 Å². The Morgan fingerprint density at radius 2 is 2.15 bits per heavy atom. The monoisotopic (exact) mass is 297 g/mol. The lowest BCUT2D eigenvalue weighted by Crippen LogP contribution is -2.33. The van der Waals surface area contributed by atoms with E-state index in [2.05, 4.69) is 11.9 Å². The number of hydrogen-bond acceptors (Lipinski definition) is 4. The Kier molecular flexibility index (Phi) is 4.36. The number of benzene rings is 1. The van der Waals surface area contributed by atoms with Crippen LogP contribution in [0.25, 0.3) is 0 Å². The summed E-state index contributed by atoms with van der Waals surface area (Å²) in [4.78, 5) is 2.50. The van der Waals surface area contributed by atoms with Gasteiger partial charge in [0.05, 0.1) is 4.90 Å². The lowest BCUT2D eigenvalue weighted by molar-refractivity contribution is 0.357. The zero-order valence-electron chi connectivity index (χ0n) is 12.3. The van der Waals surface area contributed by atoms with Gasteiger partial charge in [-0.1, -0.05) is 6.07 Å². The van der Waals surface area contributed by atoms with E-state index in [1.54, 1.807) is 25.2 Å². The van der Waals surface area contributed by atoms with Crippen molar-refractivity contribution in [2.75, 3.05) is 39.5 Å². The van der Waals surface area contributed by atoms with Gasteiger partial charge >= 0.3 is 0 Å². The molecule has 0 saturated carbocycles. The van der Waals surface area contributed by atoms with Crippen molar-refractivity contribution in [2.45, 2.75) is 18.2 Å². The van der Waals surface area contributed by atoms with Crippen molar-refractivity contribution in [3.63, 3.8) is 0 Å². The number of nitrogens with two attached hydrogens (primary N) is 1. The highest BCUT2D eigenvalue weighted by molar-refractivity contribution is 7.89. The number of hydrogen-bond donors (Lipinski definition) is 1. The number of nitrogen functional groups attached to an aromatic ring is 1. The Balaban J connectivity index is 2.14. The number of rotatable bonds is 4. The van der Waals surface area contributed by atoms with Gasteiger partial charge in [-0.2, -0.15) is 0 Å². The predicted molar refractivity (Wildman–Crippen MR) is 81.0 cm³/mol. The summed E-state index contributed by atoms with van der Waals surface area (Å²) < 4.78 is 26.5. The van der Waals surface area contributed by atoms with Crippen molar-refractivity contribution in [1.29, 1.82) is 0 Å². The van der Waals surface area contributed by atoms with Crippen LogP contribution in [0.5, 0.6) is 0 Å². The summed E-state index contributed by atoms with van der Waals surface area (Å²) in [6.07, 6.45) is 1.05. The molecule has 1 fully saturated rings.